The van der Waals surface area contributed by atoms with Gasteiger partial charge in [-0.2, -0.15) is 13.2 Å². The van der Waals surface area contributed by atoms with Crippen LogP contribution in [0.25, 0.3) is 11.0 Å². The van der Waals surface area contributed by atoms with Crippen LogP contribution >= 0.6 is 0 Å². The number of hydrogen-bond donors (Lipinski definition) is 0. The Hall–Kier alpha value is -1.45. The van der Waals surface area contributed by atoms with Gasteiger partial charge < -0.3 is 4.42 Å². The molecule has 0 unspecified atom stereocenters. The number of fused-ring (bicyclic) bond motifs is 1. The van der Waals surface area contributed by atoms with E-state index < -0.39 is 11.7 Å². The number of hydrogen-bond acceptors (Lipinski definition) is 1. The zero-order valence-electron chi connectivity index (χ0n) is 6.35. The van der Waals surface area contributed by atoms with Gasteiger partial charge in [0.1, 0.15) is 11.1 Å². The molecule has 1 nitrogen and oxygen atoms in total. The number of para-hydroxylation sites is 1. The van der Waals surface area contributed by atoms with Gasteiger partial charge in [-0.3, -0.25) is 0 Å². The molecule has 0 N–H and O–H groups in total. The number of furan rings is 1. The van der Waals surface area contributed by atoms with Crippen molar-refractivity contribution in [3.8, 4) is 0 Å². The summed E-state index contributed by atoms with van der Waals surface area (Å²) in [5, 5.41) is 0.0509. The fourth-order valence-electron chi connectivity index (χ4n) is 1.13. The Labute approximate surface area is 71.8 Å². The quantitative estimate of drug-likeness (QED) is 0.614. The van der Waals surface area contributed by atoms with Crippen LogP contribution in [0.5, 0.6) is 0 Å². The van der Waals surface area contributed by atoms with Crippen LogP contribution in [-0.2, 0) is 6.18 Å². The molecule has 0 saturated carbocycles. The van der Waals surface area contributed by atoms with Crippen LogP contribution < -0.4 is 0 Å². The highest BCUT2D eigenvalue weighted by Gasteiger charge is 2.34. The van der Waals surface area contributed by atoms with E-state index in [9.17, 15) is 13.2 Å². The molecular formula is C9H4F3O. The van der Waals surface area contributed by atoms with E-state index in [2.05, 4.69) is 4.42 Å². The van der Waals surface area contributed by atoms with Gasteiger partial charge in [-0.1, -0.05) is 18.2 Å². The van der Waals surface area contributed by atoms with Crippen LogP contribution in [0.2, 0.25) is 0 Å². The summed E-state index contributed by atoms with van der Waals surface area (Å²) in [6.07, 6.45) is -2.54. The zero-order chi connectivity index (χ0) is 9.47. The summed E-state index contributed by atoms with van der Waals surface area (Å²) in [5.74, 6) is 0. The van der Waals surface area contributed by atoms with Crippen molar-refractivity contribution >= 4 is 11.0 Å². The van der Waals surface area contributed by atoms with Crippen molar-refractivity contribution < 1.29 is 17.6 Å². The van der Waals surface area contributed by atoms with Crippen molar-refractivity contribution in [1.82, 2.24) is 0 Å². The van der Waals surface area contributed by atoms with Crippen molar-refractivity contribution in [1.29, 1.82) is 0 Å². The lowest BCUT2D eigenvalue weighted by atomic mass is 10.2. The van der Waals surface area contributed by atoms with Crippen molar-refractivity contribution in [2.24, 2.45) is 0 Å². The highest BCUT2D eigenvalue weighted by atomic mass is 19.4. The molecule has 0 saturated heterocycles. The van der Waals surface area contributed by atoms with E-state index in [1.807, 2.05) is 6.26 Å². The van der Waals surface area contributed by atoms with Crippen molar-refractivity contribution in [3.63, 3.8) is 0 Å². The molecule has 13 heavy (non-hydrogen) atoms. The third-order valence-electron chi connectivity index (χ3n) is 1.70. The molecule has 0 aliphatic carbocycles. The van der Waals surface area contributed by atoms with E-state index in [1.54, 1.807) is 6.07 Å². The van der Waals surface area contributed by atoms with E-state index in [0.717, 1.165) is 0 Å². The number of halogens is 3. The number of benzene rings is 1. The summed E-state index contributed by atoms with van der Waals surface area (Å²) in [5.41, 5.74) is -0.641. The maximum absolute atomic E-state index is 12.3. The third-order valence-corrected chi connectivity index (χ3v) is 1.70. The molecule has 0 bridgehead atoms. The third kappa shape index (κ3) is 1.28. The Bertz CT molecular complexity index is 428. The first kappa shape index (κ1) is 8.16. The van der Waals surface area contributed by atoms with Crippen LogP contribution in [0.3, 0.4) is 0 Å². The standard InChI is InChI=1S/C9H4F3O/c10-9(11,12)7-5-13-8-4-2-1-3-6(7)8/h1-4H. The van der Waals surface area contributed by atoms with Gasteiger partial charge in [0.05, 0.1) is 0 Å². The summed E-state index contributed by atoms with van der Waals surface area (Å²) >= 11 is 0. The van der Waals surface area contributed by atoms with E-state index in [0.29, 0.717) is 0 Å². The first-order valence-electron chi connectivity index (χ1n) is 3.55. The smallest absolute Gasteiger partial charge is 0.420 e. The van der Waals surface area contributed by atoms with Gasteiger partial charge in [-0.05, 0) is 6.07 Å². The van der Waals surface area contributed by atoms with Gasteiger partial charge in [0.15, 0.2) is 6.26 Å². The molecule has 1 aromatic heterocycles. The molecule has 1 heterocycles. The highest BCUT2D eigenvalue weighted by molar-refractivity contribution is 5.81. The van der Waals surface area contributed by atoms with E-state index in [1.165, 1.54) is 18.2 Å². The first-order chi connectivity index (χ1) is 6.09. The summed E-state index contributed by atoms with van der Waals surface area (Å²) < 4.78 is 41.4. The second-order valence-corrected chi connectivity index (χ2v) is 2.57. The molecule has 67 valence electrons. The summed E-state index contributed by atoms with van der Waals surface area (Å²) in [7, 11) is 0. The Kier molecular flexibility index (Phi) is 1.58. The van der Waals surface area contributed by atoms with Gasteiger partial charge in [-0.25, -0.2) is 0 Å². The summed E-state index contributed by atoms with van der Waals surface area (Å²) in [6.45, 7) is 0. The predicted molar refractivity (Wildman–Crippen MR) is 40.1 cm³/mol. The van der Waals surface area contributed by atoms with Crippen LogP contribution in [0.15, 0.2) is 28.7 Å². The van der Waals surface area contributed by atoms with Crippen molar-refractivity contribution in [3.05, 3.63) is 36.1 Å². The van der Waals surface area contributed by atoms with Crippen LogP contribution in [0, 0.1) is 6.26 Å². The van der Waals surface area contributed by atoms with Gasteiger partial charge in [0, 0.05) is 5.39 Å². The first-order valence-corrected chi connectivity index (χ1v) is 3.55. The lowest BCUT2D eigenvalue weighted by Crippen LogP contribution is -2.03. The molecular weight excluding hydrogens is 181 g/mol. The average molecular weight is 185 g/mol. The van der Waals surface area contributed by atoms with E-state index >= 15 is 0 Å². The molecule has 2 aromatic rings. The van der Waals surface area contributed by atoms with Crippen LogP contribution in [0.1, 0.15) is 5.56 Å². The Morgan fingerprint density at radius 3 is 2.54 bits per heavy atom. The summed E-state index contributed by atoms with van der Waals surface area (Å²) in [4.78, 5) is 0. The number of rotatable bonds is 0. The molecule has 2 rings (SSSR count). The van der Waals surface area contributed by atoms with Gasteiger partial charge in [-0.15, -0.1) is 0 Å². The highest BCUT2D eigenvalue weighted by Crippen LogP contribution is 2.35. The maximum atomic E-state index is 12.3. The minimum absolute atomic E-state index is 0.0509. The molecule has 4 heteroatoms. The minimum atomic E-state index is -4.40. The Balaban J connectivity index is 2.72. The molecule has 0 fully saturated rings. The molecule has 1 aromatic carbocycles. The van der Waals surface area contributed by atoms with Crippen molar-refractivity contribution in [2.75, 3.05) is 0 Å². The second kappa shape index (κ2) is 2.52. The lowest BCUT2D eigenvalue weighted by Gasteiger charge is -2.01. The monoisotopic (exact) mass is 185 g/mol. The topological polar surface area (TPSA) is 13.1 Å². The lowest BCUT2D eigenvalue weighted by molar-refractivity contribution is -0.137. The van der Waals surface area contributed by atoms with Crippen LogP contribution in [0.4, 0.5) is 13.2 Å². The molecule has 0 aliphatic heterocycles. The second-order valence-electron chi connectivity index (χ2n) is 2.57. The zero-order valence-corrected chi connectivity index (χ0v) is 6.35. The minimum Gasteiger partial charge on any atom is -0.452 e. The molecule has 0 amide bonds. The number of alkyl halides is 3. The van der Waals surface area contributed by atoms with E-state index in [-0.39, 0.29) is 11.0 Å². The fraction of sp³-hybridized carbons (Fsp3) is 0.111. The Morgan fingerprint density at radius 2 is 1.85 bits per heavy atom. The molecule has 0 spiro atoms. The molecule has 0 aliphatic rings. The average Bonchev–Trinajstić information content (AvgIpc) is 2.45. The normalized spacial score (nSPS) is 12.2. The molecule has 1 radical (unpaired) electrons. The van der Waals surface area contributed by atoms with Gasteiger partial charge in [0.2, 0.25) is 0 Å². The largest absolute Gasteiger partial charge is 0.452 e. The van der Waals surface area contributed by atoms with Gasteiger partial charge in [0.25, 0.3) is 0 Å². The summed E-state index contributed by atoms with van der Waals surface area (Å²) in [6, 6.07) is 5.97. The predicted octanol–water partition coefficient (Wildman–Crippen LogP) is 3.25. The molecule has 0 atom stereocenters. The van der Waals surface area contributed by atoms with Crippen molar-refractivity contribution in [2.45, 2.75) is 6.18 Å². The SMILES string of the molecule is FC(F)(F)c1[c]oc2ccccc12. The van der Waals surface area contributed by atoms with Gasteiger partial charge >= 0.3 is 6.18 Å². The fourth-order valence-corrected chi connectivity index (χ4v) is 1.13. The van der Waals surface area contributed by atoms with E-state index in [4.69, 9.17) is 0 Å². The maximum Gasteiger partial charge on any atom is 0.420 e. The Morgan fingerprint density at radius 1 is 1.15 bits per heavy atom. The van der Waals surface area contributed by atoms with Crippen LogP contribution in [-0.4, -0.2) is 0 Å².